The van der Waals surface area contributed by atoms with Crippen molar-refractivity contribution in [3.8, 4) is 0 Å². The maximum atomic E-state index is 13.3. The van der Waals surface area contributed by atoms with Crippen molar-refractivity contribution in [3.63, 3.8) is 0 Å². The zero-order chi connectivity index (χ0) is 20.1. The highest BCUT2D eigenvalue weighted by Gasteiger charge is 2.38. The van der Waals surface area contributed by atoms with Crippen LogP contribution in [0.2, 0.25) is 5.02 Å². The van der Waals surface area contributed by atoms with Gasteiger partial charge in [-0.25, -0.2) is 0 Å². The number of hydrogen-bond acceptors (Lipinski definition) is 3. The van der Waals surface area contributed by atoms with E-state index >= 15 is 0 Å². The van der Waals surface area contributed by atoms with E-state index in [0.29, 0.717) is 23.0 Å². The van der Waals surface area contributed by atoms with Crippen LogP contribution in [0.3, 0.4) is 0 Å². The Bertz CT molecular complexity index is 737. The molecule has 0 aromatic heterocycles. The molecule has 0 spiro atoms. The number of rotatable bonds is 6. The summed E-state index contributed by atoms with van der Waals surface area (Å²) in [5.74, 6) is -1.03. The minimum absolute atomic E-state index is 0.0777. The van der Waals surface area contributed by atoms with Crippen LogP contribution in [0.15, 0.2) is 24.3 Å². The molecule has 28 heavy (non-hydrogen) atoms. The van der Waals surface area contributed by atoms with Crippen LogP contribution in [-0.4, -0.2) is 46.4 Å². The predicted molar refractivity (Wildman–Crippen MR) is 106 cm³/mol. The third-order valence-corrected chi connectivity index (χ3v) is 6.10. The summed E-state index contributed by atoms with van der Waals surface area (Å²) in [6.07, 6.45) is 6.45. The molecule has 1 aromatic carbocycles. The van der Waals surface area contributed by atoms with Gasteiger partial charge in [0.15, 0.2) is 0 Å². The van der Waals surface area contributed by atoms with Crippen LogP contribution in [0.1, 0.15) is 61.7 Å². The SMILES string of the molecule is O=C(O)CC[C@@H](NC(=O)c1cccc(Cl)c1)C(=O)N1CCCC2CCCCC21. The summed E-state index contributed by atoms with van der Waals surface area (Å²) >= 11 is 5.96. The molecule has 1 saturated heterocycles. The van der Waals surface area contributed by atoms with E-state index in [0.717, 1.165) is 32.1 Å². The number of carbonyl (C=O) groups is 3. The van der Waals surface area contributed by atoms with Gasteiger partial charge in [0, 0.05) is 29.6 Å². The van der Waals surface area contributed by atoms with Gasteiger partial charge >= 0.3 is 5.97 Å². The topological polar surface area (TPSA) is 86.7 Å². The monoisotopic (exact) mass is 406 g/mol. The van der Waals surface area contributed by atoms with Crippen molar-refractivity contribution in [3.05, 3.63) is 34.9 Å². The van der Waals surface area contributed by atoms with Crippen LogP contribution < -0.4 is 5.32 Å². The summed E-state index contributed by atoms with van der Waals surface area (Å²) in [7, 11) is 0. The van der Waals surface area contributed by atoms with Crippen molar-refractivity contribution >= 4 is 29.4 Å². The number of benzene rings is 1. The number of carbonyl (C=O) groups excluding carboxylic acids is 2. The molecule has 1 heterocycles. The average molecular weight is 407 g/mol. The Kier molecular flexibility index (Phi) is 6.94. The summed E-state index contributed by atoms with van der Waals surface area (Å²) in [5.41, 5.74) is 0.356. The summed E-state index contributed by atoms with van der Waals surface area (Å²) in [5, 5.41) is 12.3. The van der Waals surface area contributed by atoms with E-state index in [9.17, 15) is 14.4 Å². The number of carboxylic acids is 1. The van der Waals surface area contributed by atoms with Crippen molar-refractivity contribution < 1.29 is 19.5 Å². The molecule has 1 aliphatic heterocycles. The number of fused-ring (bicyclic) bond motifs is 1. The lowest BCUT2D eigenvalue weighted by atomic mass is 9.78. The molecule has 1 saturated carbocycles. The van der Waals surface area contributed by atoms with Gasteiger partial charge in [0.1, 0.15) is 6.04 Å². The zero-order valence-corrected chi connectivity index (χ0v) is 16.7. The van der Waals surface area contributed by atoms with Crippen molar-refractivity contribution in [2.75, 3.05) is 6.54 Å². The average Bonchev–Trinajstić information content (AvgIpc) is 2.69. The van der Waals surface area contributed by atoms with E-state index in [1.165, 1.54) is 12.5 Å². The number of likely N-dealkylation sites (tertiary alicyclic amines) is 1. The van der Waals surface area contributed by atoms with Gasteiger partial charge in [-0.1, -0.05) is 30.5 Å². The van der Waals surface area contributed by atoms with E-state index in [2.05, 4.69) is 5.32 Å². The number of carboxylic acid groups (broad SMARTS) is 1. The summed E-state index contributed by atoms with van der Waals surface area (Å²) in [6, 6.07) is 5.87. The van der Waals surface area contributed by atoms with Gasteiger partial charge in [-0.3, -0.25) is 14.4 Å². The summed E-state index contributed by atoms with van der Waals surface area (Å²) in [6.45, 7) is 0.677. The van der Waals surface area contributed by atoms with Gasteiger partial charge in [-0.15, -0.1) is 0 Å². The maximum Gasteiger partial charge on any atom is 0.303 e. The van der Waals surface area contributed by atoms with Gasteiger partial charge in [-0.05, 0) is 56.2 Å². The first-order valence-corrected chi connectivity index (χ1v) is 10.4. The van der Waals surface area contributed by atoms with Gasteiger partial charge < -0.3 is 15.3 Å². The van der Waals surface area contributed by atoms with Crippen LogP contribution in [0, 0.1) is 5.92 Å². The lowest BCUT2D eigenvalue weighted by Crippen LogP contribution is -2.56. The highest BCUT2D eigenvalue weighted by molar-refractivity contribution is 6.31. The molecule has 3 rings (SSSR count). The lowest BCUT2D eigenvalue weighted by Gasteiger charge is -2.45. The lowest BCUT2D eigenvalue weighted by molar-refractivity contribution is -0.141. The molecule has 1 aliphatic carbocycles. The summed E-state index contributed by atoms with van der Waals surface area (Å²) in [4.78, 5) is 38.9. The fourth-order valence-electron chi connectivity index (χ4n) is 4.50. The number of halogens is 1. The molecule has 0 bridgehead atoms. The minimum atomic E-state index is -0.982. The third kappa shape index (κ3) is 5.04. The Hall–Kier alpha value is -2.08. The molecule has 2 N–H and O–H groups in total. The molecule has 0 radical (unpaired) electrons. The highest BCUT2D eigenvalue weighted by atomic mass is 35.5. The molecule has 7 heteroatoms. The second-order valence-electron chi connectivity index (χ2n) is 7.75. The highest BCUT2D eigenvalue weighted by Crippen LogP contribution is 2.35. The normalized spacial score (nSPS) is 22.8. The van der Waals surface area contributed by atoms with Crippen LogP contribution in [0.4, 0.5) is 0 Å². The molecule has 152 valence electrons. The number of amides is 2. The molecule has 2 unspecified atom stereocenters. The van der Waals surface area contributed by atoms with Gasteiger partial charge in [0.05, 0.1) is 0 Å². The molecule has 2 fully saturated rings. The van der Waals surface area contributed by atoms with E-state index < -0.39 is 17.9 Å². The number of nitrogens with one attached hydrogen (secondary N) is 1. The van der Waals surface area contributed by atoms with Crippen LogP contribution in [0.25, 0.3) is 0 Å². The van der Waals surface area contributed by atoms with E-state index in [1.54, 1.807) is 18.2 Å². The standard InChI is InChI=1S/C21H27ClN2O4/c22-16-8-3-6-15(13-16)20(27)23-17(10-11-19(25)26)21(28)24-12-4-7-14-5-1-2-9-18(14)24/h3,6,8,13-14,17-18H,1-2,4-5,7,9-12H2,(H,23,27)(H,25,26)/t14?,17-,18?/m1/s1. The molecular weight excluding hydrogens is 380 g/mol. The maximum absolute atomic E-state index is 13.3. The third-order valence-electron chi connectivity index (χ3n) is 5.86. The Labute approximate surface area is 170 Å². The number of nitrogens with zero attached hydrogens (tertiary/aromatic N) is 1. The second-order valence-corrected chi connectivity index (χ2v) is 8.19. The molecular formula is C21H27ClN2O4. The van der Waals surface area contributed by atoms with Gasteiger partial charge in [0.25, 0.3) is 5.91 Å². The Balaban J connectivity index is 1.75. The first-order chi connectivity index (χ1) is 13.5. The van der Waals surface area contributed by atoms with Crippen molar-refractivity contribution in [2.24, 2.45) is 5.92 Å². The fourth-order valence-corrected chi connectivity index (χ4v) is 4.69. The smallest absolute Gasteiger partial charge is 0.303 e. The second kappa shape index (κ2) is 9.41. The van der Waals surface area contributed by atoms with Crippen molar-refractivity contribution in [1.82, 2.24) is 10.2 Å². The number of hydrogen-bond donors (Lipinski definition) is 2. The van der Waals surface area contributed by atoms with Gasteiger partial charge in [0.2, 0.25) is 5.91 Å². The summed E-state index contributed by atoms with van der Waals surface area (Å²) < 4.78 is 0. The quantitative estimate of drug-likeness (QED) is 0.757. The Morgan fingerprint density at radius 2 is 1.93 bits per heavy atom. The Morgan fingerprint density at radius 1 is 1.18 bits per heavy atom. The van der Waals surface area contributed by atoms with Crippen LogP contribution in [0.5, 0.6) is 0 Å². The zero-order valence-electron chi connectivity index (χ0n) is 15.9. The van der Waals surface area contributed by atoms with Crippen LogP contribution >= 0.6 is 11.6 Å². The first-order valence-electron chi connectivity index (χ1n) is 10.0. The number of aliphatic carboxylic acids is 1. The van der Waals surface area contributed by atoms with E-state index in [4.69, 9.17) is 16.7 Å². The van der Waals surface area contributed by atoms with Crippen molar-refractivity contribution in [1.29, 1.82) is 0 Å². The van der Waals surface area contributed by atoms with Crippen molar-refractivity contribution in [2.45, 2.75) is 63.5 Å². The Morgan fingerprint density at radius 3 is 2.68 bits per heavy atom. The molecule has 3 atom stereocenters. The minimum Gasteiger partial charge on any atom is -0.481 e. The molecule has 6 nitrogen and oxygen atoms in total. The van der Waals surface area contributed by atoms with E-state index in [1.807, 2.05) is 4.90 Å². The largest absolute Gasteiger partial charge is 0.481 e. The fraction of sp³-hybridized carbons (Fsp3) is 0.571. The van der Waals surface area contributed by atoms with Crippen LogP contribution in [-0.2, 0) is 9.59 Å². The molecule has 1 aromatic rings. The predicted octanol–water partition coefficient (Wildman–Crippen LogP) is 3.48. The first kappa shape index (κ1) is 20.6. The molecule has 2 amide bonds. The van der Waals surface area contributed by atoms with Gasteiger partial charge in [-0.2, -0.15) is 0 Å². The number of piperidine rings is 1. The van der Waals surface area contributed by atoms with E-state index in [-0.39, 0.29) is 24.8 Å². The molecule has 2 aliphatic rings.